The van der Waals surface area contributed by atoms with Crippen molar-refractivity contribution in [1.29, 1.82) is 0 Å². The van der Waals surface area contributed by atoms with Gasteiger partial charge in [-0.3, -0.25) is 19.2 Å². The Labute approximate surface area is 190 Å². The van der Waals surface area contributed by atoms with Crippen LogP contribution in [-0.4, -0.2) is 54.6 Å². The molecule has 4 rings (SSSR count). The molecule has 2 aliphatic heterocycles. The van der Waals surface area contributed by atoms with E-state index in [0.717, 1.165) is 48.5 Å². The molecule has 0 unspecified atom stereocenters. The van der Waals surface area contributed by atoms with Gasteiger partial charge in [0.05, 0.1) is 29.9 Å². The fraction of sp³-hybridized carbons (Fsp3) is 0.667. The van der Waals surface area contributed by atoms with E-state index >= 15 is 0 Å². The molecule has 0 bridgehead atoms. The lowest BCUT2D eigenvalue weighted by molar-refractivity contribution is -0.136. The maximum Gasteiger partial charge on any atom is 0.254 e. The van der Waals surface area contributed by atoms with Crippen molar-refractivity contribution in [3.05, 3.63) is 44.4 Å². The molecular weight excluding hydrogens is 404 g/mol. The molecule has 1 fully saturated rings. The van der Waals surface area contributed by atoms with Crippen molar-refractivity contribution < 1.29 is 4.79 Å². The third-order valence-corrected chi connectivity index (χ3v) is 7.31. The molecule has 0 saturated carbocycles. The average Bonchev–Trinajstić information content (AvgIpc) is 3.34. The first-order valence-electron chi connectivity index (χ1n) is 11.8. The maximum absolute atomic E-state index is 13.4. The highest BCUT2D eigenvalue weighted by atomic mass is 16.2. The van der Waals surface area contributed by atoms with Gasteiger partial charge in [0.25, 0.3) is 5.56 Å². The molecule has 4 heterocycles. The molecule has 2 aliphatic rings. The van der Waals surface area contributed by atoms with Crippen LogP contribution in [-0.2, 0) is 24.3 Å². The van der Waals surface area contributed by atoms with E-state index in [0.29, 0.717) is 31.5 Å². The van der Waals surface area contributed by atoms with E-state index < -0.39 is 0 Å². The van der Waals surface area contributed by atoms with Crippen LogP contribution >= 0.6 is 0 Å². The molecule has 1 amide bonds. The van der Waals surface area contributed by atoms with Crippen LogP contribution in [0.3, 0.4) is 0 Å². The first kappa shape index (κ1) is 22.7. The summed E-state index contributed by atoms with van der Waals surface area (Å²) in [5, 5.41) is 4.60. The summed E-state index contributed by atoms with van der Waals surface area (Å²) in [4.78, 5) is 38.4. The highest BCUT2D eigenvalue weighted by Gasteiger charge is 2.35. The summed E-state index contributed by atoms with van der Waals surface area (Å²) < 4.78 is 1.94. The molecule has 2 aromatic heterocycles. The summed E-state index contributed by atoms with van der Waals surface area (Å²) in [6.07, 6.45) is 2.47. The smallest absolute Gasteiger partial charge is 0.254 e. The van der Waals surface area contributed by atoms with E-state index in [1.165, 1.54) is 5.56 Å². The number of carbonyl (C=O) groups excluding carboxylic acids is 1. The van der Waals surface area contributed by atoms with Crippen LogP contribution in [0.1, 0.15) is 73.7 Å². The van der Waals surface area contributed by atoms with Crippen LogP contribution in [0.5, 0.6) is 0 Å². The molecule has 1 N–H and O–H groups in total. The fourth-order valence-electron chi connectivity index (χ4n) is 4.98. The van der Waals surface area contributed by atoms with Gasteiger partial charge in [-0.2, -0.15) is 5.10 Å². The van der Waals surface area contributed by atoms with E-state index in [2.05, 4.69) is 35.8 Å². The highest BCUT2D eigenvalue weighted by molar-refractivity contribution is 5.79. The van der Waals surface area contributed by atoms with Crippen LogP contribution in [0.4, 0.5) is 0 Å². The number of aromatic nitrogens is 4. The Morgan fingerprint density at radius 2 is 1.94 bits per heavy atom. The van der Waals surface area contributed by atoms with E-state index in [1.807, 2.05) is 30.4 Å². The maximum atomic E-state index is 13.4. The highest BCUT2D eigenvalue weighted by Crippen LogP contribution is 2.32. The van der Waals surface area contributed by atoms with Crippen molar-refractivity contribution >= 4 is 5.91 Å². The number of H-pyrrole nitrogens is 1. The van der Waals surface area contributed by atoms with Crippen molar-refractivity contribution in [2.24, 2.45) is 5.92 Å². The number of carbonyl (C=O) groups is 1. The number of likely N-dealkylation sites (tertiary alicyclic amines) is 1. The molecule has 32 heavy (non-hydrogen) atoms. The van der Waals surface area contributed by atoms with Gasteiger partial charge in [0, 0.05) is 36.9 Å². The largest absolute Gasteiger partial charge is 0.332 e. The van der Waals surface area contributed by atoms with Crippen LogP contribution in [0.15, 0.2) is 4.79 Å². The molecule has 2 aromatic rings. The minimum atomic E-state index is -0.200. The summed E-state index contributed by atoms with van der Waals surface area (Å²) >= 11 is 0. The van der Waals surface area contributed by atoms with Gasteiger partial charge >= 0.3 is 0 Å². The van der Waals surface area contributed by atoms with Gasteiger partial charge < -0.3 is 9.88 Å². The van der Waals surface area contributed by atoms with Crippen molar-refractivity contribution in [2.45, 2.75) is 86.0 Å². The van der Waals surface area contributed by atoms with Gasteiger partial charge in [-0.25, -0.2) is 4.98 Å². The Balaban J connectivity index is 1.55. The number of rotatable bonds is 5. The van der Waals surface area contributed by atoms with Gasteiger partial charge in [-0.1, -0.05) is 6.92 Å². The Hall–Kier alpha value is -2.48. The van der Waals surface area contributed by atoms with Crippen LogP contribution < -0.4 is 5.56 Å². The number of nitrogens with one attached hydrogen (secondary N) is 1. The Morgan fingerprint density at radius 1 is 1.19 bits per heavy atom. The van der Waals surface area contributed by atoms with Crippen molar-refractivity contribution in [3.8, 4) is 0 Å². The number of aromatic amines is 1. The Morgan fingerprint density at radius 3 is 2.59 bits per heavy atom. The number of fused-ring (bicyclic) bond motifs is 1. The normalized spacial score (nSPS) is 20.1. The SMILES string of the molecule is Cc1nn(C[C@H](C)C(=O)N2CCC[C@@H]2c2nc3c(c(=O)[nH]2)CCN(C(C)C)C3)c(C)c1C. The van der Waals surface area contributed by atoms with Gasteiger partial charge in [-0.05, 0) is 59.4 Å². The quantitative estimate of drug-likeness (QED) is 0.772. The monoisotopic (exact) mass is 440 g/mol. The summed E-state index contributed by atoms with van der Waals surface area (Å²) in [7, 11) is 0. The summed E-state index contributed by atoms with van der Waals surface area (Å²) in [6, 6.07) is 0.246. The van der Waals surface area contributed by atoms with Crippen LogP contribution in [0.25, 0.3) is 0 Å². The summed E-state index contributed by atoms with van der Waals surface area (Å²) in [6.45, 7) is 15.2. The molecular formula is C24H36N6O2. The standard InChI is InChI=1S/C24H36N6O2/c1-14(2)28-11-9-19-20(13-28)25-22(26-23(19)31)21-8-7-10-29(21)24(32)15(3)12-30-18(6)16(4)17(5)27-30/h14-15,21H,7-13H2,1-6H3,(H,25,26,31)/t15-,21+/m0/s1. The summed E-state index contributed by atoms with van der Waals surface area (Å²) in [5.74, 6) is 0.537. The van der Waals surface area contributed by atoms with Gasteiger partial charge in [-0.15, -0.1) is 0 Å². The molecule has 1 saturated heterocycles. The van der Waals surface area contributed by atoms with Crippen LogP contribution in [0, 0.1) is 26.7 Å². The van der Waals surface area contributed by atoms with E-state index in [1.54, 1.807) is 0 Å². The minimum Gasteiger partial charge on any atom is -0.332 e. The number of nitrogens with zero attached hydrogens (tertiary/aromatic N) is 5. The zero-order valence-corrected chi connectivity index (χ0v) is 20.2. The molecule has 8 heteroatoms. The number of hydrogen-bond donors (Lipinski definition) is 1. The lowest BCUT2D eigenvalue weighted by Crippen LogP contribution is -2.41. The predicted octanol–water partition coefficient (Wildman–Crippen LogP) is 2.66. The van der Waals surface area contributed by atoms with E-state index in [9.17, 15) is 9.59 Å². The second kappa shape index (κ2) is 8.81. The lowest BCUT2D eigenvalue weighted by atomic mass is 10.0. The van der Waals surface area contributed by atoms with E-state index in [-0.39, 0.29) is 23.4 Å². The second-order valence-electron chi connectivity index (χ2n) is 9.76. The van der Waals surface area contributed by atoms with Crippen molar-refractivity contribution in [3.63, 3.8) is 0 Å². The first-order chi connectivity index (χ1) is 15.2. The number of aryl methyl sites for hydroxylation is 1. The molecule has 0 radical (unpaired) electrons. The van der Waals surface area contributed by atoms with E-state index in [4.69, 9.17) is 4.98 Å². The predicted molar refractivity (Wildman–Crippen MR) is 123 cm³/mol. The number of amides is 1. The zero-order chi connectivity index (χ0) is 23.2. The molecule has 8 nitrogen and oxygen atoms in total. The summed E-state index contributed by atoms with van der Waals surface area (Å²) in [5.41, 5.74) is 4.92. The first-order valence-corrected chi connectivity index (χ1v) is 11.8. The third-order valence-electron chi connectivity index (χ3n) is 7.31. The van der Waals surface area contributed by atoms with Gasteiger partial charge in [0.1, 0.15) is 5.82 Å². The molecule has 174 valence electrons. The molecule has 0 aliphatic carbocycles. The Bertz CT molecular complexity index is 1070. The number of hydrogen-bond acceptors (Lipinski definition) is 5. The lowest BCUT2D eigenvalue weighted by Gasteiger charge is -2.32. The van der Waals surface area contributed by atoms with Crippen LogP contribution in [0.2, 0.25) is 0 Å². The third kappa shape index (κ3) is 4.12. The topological polar surface area (TPSA) is 87.1 Å². The fourth-order valence-corrected chi connectivity index (χ4v) is 4.98. The molecule has 0 spiro atoms. The second-order valence-corrected chi connectivity index (χ2v) is 9.76. The molecule has 0 aromatic carbocycles. The average molecular weight is 441 g/mol. The zero-order valence-electron chi connectivity index (χ0n) is 20.2. The Kier molecular flexibility index (Phi) is 6.25. The van der Waals surface area contributed by atoms with Crippen molar-refractivity contribution in [2.75, 3.05) is 13.1 Å². The minimum absolute atomic E-state index is 0.0427. The molecule has 2 atom stereocenters. The van der Waals surface area contributed by atoms with Crippen molar-refractivity contribution in [1.82, 2.24) is 29.5 Å². The van der Waals surface area contributed by atoms with Gasteiger partial charge in [0.2, 0.25) is 5.91 Å². The van der Waals surface area contributed by atoms with Gasteiger partial charge in [0.15, 0.2) is 0 Å².